The van der Waals surface area contributed by atoms with Gasteiger partial charge in [-0.1, -0.05) is 109 Å². The Morgan fingerprint density at radius 1 is 0.769 bits per heavy atom. The molecule has 0 saturated carbocycles. The number of allylic oxidation sites excluding steroid dienone is 4. The highest BCUT2D eigenvalue weighted by atomic mass is 15.2. The molecule has 1 heteroatoms. The maximum atomic E-state index is 2.79. The second-order valence-electron chi connectivity index (χ2n) is 8.40. The summed E-state index contributed by atoms with van der Waals surface area (Å²) in [5, 5.41) is 0. The van der Waals surface area contributed by atoms with E-state index in [1.54, 1.807) is 11.1 Å². The molecule has 1 heterocycles. The van der Waals surface area contributed by atoms with Gasteiger partial charge in [0.15, 0.2) is 0 Å². The molecule has 1 fully saturated rings. The van der Waals surface area contributed by atoms with Crippen molar-refractivity contribution in [2.24, 2.45) is 0 Å². The van der Waals surface area contributed by atoms with Crippen LogP contribution in [0.25, 0.3) is 0 Å². The molecule has 1 unspecified atom stereocenters. The molecule has 0 bridgehead atoms. The maximum Gasteiger partial charge on any atom is 0.0243 e. The van der Waals surface area contributed by atoms with E-state index in [0.717, 1.165) is 12.5 Å². The van der Waals surface area contributed by atoms with Crippen molar-refractivity contribution in [2.75, 3.05) is 13.1 Å². The van der Waals surface area contributed by atoms with Crippen LogP contribution in [0.1, 0.15) is 104 Å². The van der Waals surface area contributed by atoms with E-state index in [1.165, 1.54) is 96.6 Å². The number of rotatable bonds is 14. The first kappa shape index (κ1) is 21.5. The maximum absolute atomic E-state index is 2.79. The molecule has 26 heavy (non-hydrogen) atoms. The Hall–Kier alpha value is -0.820. The van der Waals surface area contributed by atoms with Gasteiger partial charge in [-0.05, 0) is 30.4 Å². The van der Waals surface area contributed by atoms with Gasteiger partial charge in [0.05, 0.1) is 0 Å². The van der Waals surface area contributed by atoms with Gasteiger partial charge in [-0.15, -0.1) is 0 Å². The van der Waals surface area contributed by atoms with Gasteiger partial charge in [0.25, 0.3) is 0 Å². The van der Waals surface area contributed by atoms with E-state index >= 15 is 0 Å². The number of likely N-dealkylation sites (tertiary alicyclic amines) is 1. The van der Waals surface area contributed by atoms with Crippen molar-refractivity contribution < 1.29 is 0 Å². The Bertz CT molecular complexity index is 457. The van der Waals surface area contributed by atoms with Crippen LogP contribution in [0.15, 0.2) is 35.5 Å². The van der Waals surface area contributed by atoms with Crippen LogP contribution in [0.2, 0.25) is 0 Å². The predicted octanol–water partition coefficient (Wildman–Crippen LogP) is 7.59. The van der Waals surface area contributed by atoms with E-state index in [0.29, 0.717) is 0 Å². The second kappa shape index (κ2) is 13.4. The first-order valence-electron chi connectivity index (χ1n) is 11.6. The summed E-state index contributed by atoms with van der Waals surface area (Å²) in [5.74, 6) is 0. The van der Waals surface area contributed by atoms with Gasteiger partial charge < -0.3 is 0 Å². The Morgan fingerprint density at radius 3 is 2.00 bits per heavy atom. The molecular weight excluding hydrogens is 314 g/mol. The summed E-state index contributed by atoms with van der Waals surface area (Å²) in [4.78, 5) is 2.79. The third kappa shape index (κ3) is 7.82. The SMILES string of the molecule is CCCCCCCCC(CCCCCCC)N1CC2=CC=CCC=C2C1. The molecule has 148 valence electrons. The second-order valence-corrected chi connectivity index (χ2v) is 8.40. The molecule has 0 aromatic heterocycles. The molecule has 2 rings (SSSR count). The van der Waals surface area contributed by atoms with Crippen molar-refractivity contribution in [3.05, 3.63) is 35.5 Å². The highest BCUT2D eigenvalue weighted by Gasteiger charge is 2.27. The third-order valence-electron chi connectivity index (χ3n) is 6.14. The van der Waals surface area contributed by atoms with E-state index < -0.39 is 0 Å². The summed E-state index contributed by atoms with van der Waals surface area (Å²) < 4.78 is 0. The number of hydrogen-bond acceptors (Lipinski definition) is 1. The van der Waals surface area contributed by atoms with Gasteiger partial charge in [0.1, 0.15) is 0 Å². The van der Waals surface area contributed by atoms with E-state index in [4.69, 9.17) is 0 Å². The lowest BCUT2D eigenvalue weighted by Gasteiger charge is -2.27. The first-order chi connectivity index (χ1) is 12.8. The minimum absolute atomic E-state index is 0.806. The standard InChI is InChI=1S/C25H43N/c1-3-5-7-9-11-16-20-25(19-15-10-8-6-4-2)26-21-23-17-13-12-14-18-24(23)22-26/h12-13,17-18,25H,3-11,14-16,19-22H2,1-2H3. The Kier molecular flexibility index (Phi) is 11.0. The average Bonchev–Trinajstić information content (AvgIpc) is 2.93. The summed E-state index contributed by atoms with van der Waals surface area (Å²) in [6.45, 7) is 7.00. The molecule has 1 aliphatic heterocycles. The van der Waals surface area contributed by atoms with Crippen molar-refractivity contribution in [3.63, 3.8) is 0 Å². The van der Waals surface area contributed by atoms with Gasteiger partial charge >= 0.3 is 0 Å². The zero-order chi connectivity index (χ0) is 18.5. The monoisotopic (exact) mass is 357 g/mol. The molecular formula is C25H43N. The Labute approximate surface area is 163 Å². The average molecular weight is 358 g/mol. The molecule has 1 aliphatic carbocycles. The highest BCUT2D eigenvalue weighted by molar-refractivity contribution is 5.42. The molecule has 0 amide bonds. The van der Waals surface area contributed by atoms with Gasteiger partial charge in [-0.25, -0.2) is 0 Å². The molecule has 1 atom stereocenters. The molecule has 0 aromatic carbocycles. The highest BCUT2D eigenvalue weighted by Crippen LogP contribution is 2.29. The number of hydrogen-bond donors (Lipinski definition) is 0. The van der Waals surface area contributed by atoms with E-state index in [9.17, 15) is 0 Å². The fraction of sp³-hybridized carbons (Fsp3) is 0.760. The van der Waals surface area contributed by atoms with Crippen molar-refractivity contribution in [3.8, 4) is 0 Å². The zero-order valence-electron chi connectivity index (χ0n) is 17.6. The lowest BCUT2D eigenvalue weighted by molar-refractivity contribution is 0.219. The van der Waals surface area contributed by atoms with Crippen molar-refractivity contribution in [1.29, 1.82) is 0 Å². The topological polar surface area (TPSA) is 3.24 Å². The number of fused-ring (bicyclic) bond motifs is 1. The quantitative estimate of drug-likeness (QED) is 0.289. The molecule has 0 aromatic rings. The Balaban J connectivity index is 1.80. The van der Waals surface area contributed by atoms with Crippen LogP contribution < -0.4 is 0 Å². The van der Waals surface area contributed by atoms with Crippen LogP contribution in [0, 0.1) is 0 Å². The number of nitrogens with zero attached hydrogens (tertiary/aromatic N) is 1. The van der Waals surface area contributed by atoms with Gasteiger partial charge in [0.2, 0.25) is 0 Å². The summed E-state index contributed by atoms with van der Waals surface area (Å²) in [7, 11) is 0. The van der Waals surface area contributed by atoms with Gasteiger partial charge in [-0.3, -0.25) is 4.90 Å². The van der Waals surface area contributed by atoms with Crippen LogP contribution >= 0.6 is 0 Å². The summed E-state index contributed by atoms with van der Waals surface area (Å²) in [6.07, 6.45) is 28.9. The van der Waals surface area contributed by atoms with Crippen molar-refractivity contribution in [2.45, 2.75) is 110 Å². The zero-order valence-corrected chi connectivity index (χ0v) is 17.6. The van der Waals surface area contributed by atoms with Crippen LogP contribution in [0.3, 0.4) is 0 Å². The van der Waals surface area contributed by atoms with Crippen LogP contribution in [-0.2, 0) is 0 Å². The van der Waals surface area contributed by atoms with Crippen molar-refractivity contribution in [1.82, 2.24) is 4.90 Å². The van der Waals surface area contributed by atoms with Crippen molar-refractivity contribution >= 4 is 0 Å². The fourth-order valence-corrected chi connectivity index (χ4v) is 4.44. The third-order valence-corrected chi connectivity index (χ3v) is 6.14. The smallest absolute Gasteiger partial charge is 0.0243 e. The predicted molar refractivity (Wildman–Crippen MR) is 117 cm³/mol. The minimum atomic E-state index is 0.806. The summed E-state index contributed by atoms with van der Waals surface area (Å²) >= 11 is 0. The van der Waals surface area contributed by atoms with Gasteiger partial charge in [-0.2, -0.15) is 0 Å². The van der Waals surface area contributed by atoms with E-state index in [2.05, 4.69) is 43.1 Å². The summed E-state index contributed by atoms with van der Waals surface area (Å²) in [5.41, 5.74) is 3.19. The van der Waals surface area contributed by atoms with Crippen LogP contribution in [0.5, 0.6) is 0 Å². The first-order valence-corrected chi connectivity index (χ1v) is 11.6. The van der Waals surface area contributed by atoms with Crippen LogP contribution in [-0.4, -0.2) is 24.0 Å². The fourth-order valence-electron chi connectivity index (χ4n) is 4.44. The molecule has 2 aliphatic rings. The Morgan fingerprint density at radius 2 is 1.35 bits per heavy atom. The number of unbranched alkanes of at least 4 members (excludes halogenated alkanes) is 9. The largest absolute Gasteiger partial charge is 0.292 e. The van der Waals surface area contributed by atoms with Gasteiger partial charge in [0, 0.05) is 19.1 Å². The molecule has 1 saturated heterocycles. The normalized spacial score (nSPS) is 18.4. The lowest BCUT2D eigenvalue weighted by Crippen LogP contribution is -2.33. The van der Waals surface area contributed by atoms with Crippen LogP contribution in [0.4, 0.5) is 0 Å². The lowest BCUT2D eigenvalue weighted by atomic mass is 9.99. The molecule has 1 nitrogen and oxygen atoms in total. The minimum Gasteiger partial charge on any atom is -0.292 e. The molecule has 0 radical (unpaired) electrons. The summed E-state index contributed by atoms with van der Waals surface area (Å²) in [6, 6.07) is 0.806. The molecule has 0 spiro atoms. The van der Waals surface area contributed by atoms with E-state index in [1.807, 2.05) is 0 Å². The molecule has 0 N–H and O–H groups in total. The van der Waals surface area contributed by atoms with E-state index in [-0.39, 0.29) is 0 Å².